The van der Waals surface area contributed by atoms with Gasteiger partial charge in [-0.25, -0.2) is 4.98 Å². The quantitative estimate of drug-likeness (QED) is 0.784. The van der Waals surface area contributed by atoms with Crippen LogP contribution < -0.4 is 10.2 Å². The van der Waals surface area contributed by atoms with Crippen LogP contribution in [0.2, 0.25) is 0 Å². The highest BCUT2D eigenvalue weighted by Gasteiger charge is 2.14. The van der Waals surface area contributed by atoms with Gasteiger partial charge in [0.2, 0.25) is 10.1 Å². The Morgan fingerprint density at radius 3 is 2.71 bits per heavy atom. The summed E-state index contributed by atoms with van der Waals surface area (Å²) in [5.41, 5.74) is 0.513. The van der Waals surface area contributed by atoms with E-state index in [2.05, 4.69) is 30.5 Å². The normalized spacial score (nSPS) is 15.4. The molecule has 1 amide bonds. The fourth-order valence-electron chi connectivity index (χ4n) is 2.79. The number of rotatable bonds is 3. The van der Waals surface area contributed by atoms with Gasteiger partial charge in [-0.1, -0.05) is 24.2 Å². The minimum atomic E-state index is -0.227. The third kappa shape index (κ3) is 3.07. The van der Waals surface area contributed by atoms with Crippen molar-refractivity contribution in [3.63, 3.8) is 0 Å². The third-order valence-corrected chi connectivity index (χ3v) is 4.88. The van der Waals surface area contributed by atoms with Crippen LogP contribution in [0.15, 0.2) is 24.7 Å². The summed E-state index contributed by atoms with van der Waals surface area (Å²) >= 11 is 1.27. The number of nitrogens with zero attached hydrogens (tertiary/aromatic N) is 6. The molecule has 0 bridgehead atoms. The predicted molar refractivity (Wildman–Crippen MR) is 91.5 cm³/mol. The second-order valence-corrected chi connectivity index (χ2v) is 6.68. The molecule has 0 aromatic carbocycles. The number of aromatic nitrogens is 5. The number of anilines is 2. The van der Waals surface area contributed by atoms with Gasteiger partial charge in [0, 0.05) is 19.3 Å². The van der Waals surface area contributed by atoms with E-state index in [1.54, 1.807) is 6.20 Å². The summed E-state index contributed by atoms with van der Waals surface area (Å²) in [5.74, 6) is 0.710. The Morgan fingerprint density at radius 1 is 1.17 bits per heavy atom. The molecule has 4 heterocycles. The van der Waals surface area contributed by atoms with Crippen molar-refractivity contribution >= 4 is 33.2 Å². The summed E-state index contributed by atoms with van der Waals surface area (Å²) in [6.07, 6.45) is 8.08. The number of carbonyl (C=O) groups excluding carboxylic acids is 1. The lowest BCUT2D eigenvalue weighted by Gasteiger charge is -2.21. The molecule has 0 radical (unpaired) electrons. The smallest absolute Gasteiger partial charge is 0.259 e. The largest absolute Gasteiger partial charge is 0.357 e. The molecule has 9 heteroatoms. The van der Waals surface area contributed by atoms with Crippen molar-refractivity contribution in [2.24, 2.45) is 0 Å². The van der Waals surface area contributed by atoms with E-state index >= 15 is 0 Å². The second-order valence-electron chi connectivity index (χ2n) is 5.73. The first kappa shape index (κ1) is 15.0. The van der Waals surface area contributed by atoms with Gasteiger partial charge in [0.05, 0.1) is 5.56 Å². The van der Waals surface area contributed by atoms with Gasteiger partial charge in [0.15, 0.2) is 0 Å². The number of amides is 1. The standard InChI is InChI=1S/C15H17N7OS/c23-13(18-14-20-22-10-17-19-15(22)24-14)11-5-6-12(16-9-11)21-7-3-1-2-4-8-21/h5-6,9-10H,1-4,7-8H2,(H,18,20,23). The molecule has 0 saturated carbocycles. The molecule has 0 atom stereocenters. The van der Waals surface area contributed by atoms with Gasteiger partial charge in [-0.15, -0.1) is 15.3 Å². The first-order valence-corrected chi connectivity index (χ1v) is 8.80. The van der Waals surface area contributed by atoms with Crippen molar-refractivity contribution in [2.75, 3.05) is 23.3 Å². The molecule has 24 heavy (non-hydrogen) atoms. The van der Waals surface area contributed by atoms with Gasteiger partial charge in [0.25, 0.3) is 5.91 Å². The fraction of sp³-hybridized carbons (Fsp3) is 0.400. The summed E-state index contributed by atoms with van der Waals surface area (Å²) in [6.45, 7) is 2.07. The molecule has 3 aromatic heterocycles. The van der Waals surface area contributed by atoms with Crippen molar-refractivity contribution in [3.8, 4) is 0 Å². The van der Waals surface area contributed by atoms with E-state index in [0.29, 0.717) is 15.7 Å². The molecule has 1 saturated heterocycles. The van der Waals surface area contributed by atoms with Crippen LogP contribution in [-0.4, -0.2) is 43.8 Å². The van der Waals surface area contributed by atoms with Gasteiger partial charge in [-0.05, 0) is 25.0 Å². The molecule has 1 N–H and O–H groups in total. The van der Waals surface area contributed by atoms with Gasteiger partial charge in [-0.2, -0.15) is 4.52 Å². The summed E-state index contributed by atoms with van der Waals surface area (Å²) in [5, 5.41) is 15.1. The number of hydrogen-bond acceptors (Lipinski definition) is 7. The van der Waals surface area contributed by atoms with Crippen LogP contribution in [0.3, 0.4) is 0 Å². The van der Waals surface area contributed by atoms with E-state index in [-0.39, 0.29) is 5.91 Å². The van der Waals surface area contributed by atoms with E-state index < -0.39 is 0 Å². The monoisotopic (exact) mass is 343 g/mol. The van der Waals surface area contributed by atoms with Crippen molar-refractivity contribution in [1.82, 2.24) is 24.8 Å². The van der Waals surface area contributed by atoms with E-state index in [9.17, 15) is 4.79 Å². The van der Waals surface area contributed by atoms with Crippen LogP contribution >= 0.6 is 11.3 Å². The third-order valence-electron chi connectivity index (χ3n) is 4.05. The number of hydrogen-bond donors (Lipinski definition) is 1. The Labute approximate surface area is 142 Å². The van der Waals surface area contributed by atoms with Crippen molar-refractivity contribution in [1.29, 1.82) is 0 Å². The van der Waals surface area contributed by atoms with Gasteiger partial charge in [0.1, 0.15) is 12.1 Å². The average Bonchev–Trinajstić information content (AvgIpc) is 3.06. The lowest BCUT2D eigenvalue weighted by Crippen LogP contribution is -2.25. The number of fused-ring (bicyclic) bond motifs is 1. The Bertz CT molecular complexity index is 805. The zero-order chi connectivity index (χ0) is 16.4. The Kier molecular flexibility index (Phi) is 4.08. The van der Waals surface area contributed by atoms with Crippen LogP contribution in [0.25, 0.3) is 4.96 Å². The molecule has 0 unspecified atom stereocenters. The molecule has 3 aromatic rings. The maximum Gasteiger partial charge on any atom is 0.259 e. The molecule has 1 aliphatic heterocycles. The predicted octanol–water partition coefficient (Wildman–Crippen LogP) is 2.21. The lowest BCUT2D eigenvalue weighted by molar-refractivity contribution is 0.102. The fourth-order valence-corrected chi connectivity index (χ4v) is 3.50. The lowest BCUT2D eigenvalue weighted by atomic mass is 10.2. The number of nitrogens with one attached hydrogen (secondary N) is 1. The molecule has 8 nitrogen and oxygen atoms in total. The molecule has 0 spiro atoms. The second kappa shape index (κ2) is 6.52. The highest BCUT2D eigenvalue weighted by atomic mass is 32.1. The zero-order valence-corrected chi connectivity index (χ0v) is 13.9. The molecule has 1 fully saturated rings. The molecular formula is C15H17N7OS. The van der Waals surface area contributed by atoms with Gasteiger partial charge < -0.3 is 4.90 Å². The van der Waals surface area contributed by atoms with Crippen molar-refractivity contribution < 1.29 is 4.79 Å². The van der Waals surface area contributed by atoms with Gasteiger partial charge >= 0.3 is 0 Å². The van der Waals surface area contributed by atoms with Gasteiger partial charge in [-0.3, -0.25) is 10.1 Å². The van der Waals surface area contributed by atoms with Crippen LogP contribution in [0, 0.1) is 0 Å². The SMILES string of the molecule is O=C(Nc1nn2cnnc2s1)c1ccc(N2CCCCCC2)nc1. The maximum absolute atomic E-state index is 12.3. The summed E-state index contributed by atoms with van der Waals surface area (Å²) in [7, 11) is 0. The van der Waals surface area contributed by atoms with E-state index in [4.69, 9.17) is 0 Å². The van der Waals surface area contributed by atoms with Crippen LogP contribution in [0.5, 0.6) is 0 Å². The average molecular weight is 343 g/mol. The summed E-state index contributed by atoms with van der Waals surface area (Å²) in [6, 6.07) is 3.72. The topological polar surface area (TPSA) is 88.3 Å². The Balaban J connectivity index is 1.45. The Hall–Kier alpha value is -2.55. The molecular weight excluding hydrogens is 326 g/mol. The van der Waals surface area contributed by atoms with E-state index in [1.165, 1.54) is 47.9 Å². The Morgan fingerprint density at radius 2 is 2.00 bits per heavy atom. The van der Waals surface area contributed by atoms with Crippen LogP contribution in [-0.2, 0) is 0 Å². The highest BCUT2D eigenvalue weighted by molar-refractivity contribution is 7.20. The van der Waals surface area contributed by atoms with Crippen molar-refractivity contribution in [2.45, 2.75) is 25.7 Å². The first-order valence-electron chi connectivity index (χ1n) is 7.99. The summed E-state index contributed by atoms with van der Waals surface area (Å²) < 4.78 is 1.53. The molecule has 1 aliphatic rings. The highest BCUT2D eigenvalue weighted by Crippen LogP contribution is 2.19. The molecule has 124 valence electrons. The number of pyridine rings is 1. The van der Waals surface area contributed by atoms with E-state index in [1.807, 2.05) is 12.1 Å². The van der Waals surface area contributed by atoms with Crippen LogP contribution in [0.1, 0.15) is 36.0 Å². The first-order chi connectivity index (χ1) is 11.8. The summed E-state index contributed by atoms with van der Waals surface area (Å²) in [4.78, 5) is 19.7. The van der Waals surface area contributed by atoms with Crippen LogP contribution in [0.4, 0.5) is 10.9 Å². The number of carbonyl (C=O) groups is 1. The molecule has 4 rings (SSSR count). The minimum absolute atomic E-state index is 0.227. The maximum atomic E-state index is 12.3. The van der Waals surface area contributed by atoms with Crippen molar-refractivity contribution in [3.05, 3.63) is 30.2 Å². The minimum Gasteiger partial charge on any atom is -0.357 e. The van der Waals surface area contributed by atoms with E-state index in [0.717, 1.165) is 18.9 Å². The zero-order valence-electron chi connectivity index (χ0n) is 13.1. The molecule has 0 aliphatic carbocycles.